The molecule has 264 valence electrons. The van der Waals surface area contributed by atoms with Crippen LogP contribution < -0.4 is 0 Å². The lowest BCUT2D eigenvalue weighted by Gasteiger charge is -2.74. The predicted octanol–water partition coefficient (Wildman–Crippen LogP) is 3.45. The van der Waals surface area contributed by atoms with Gasteiger partial charge in [-0.2, -0.15) is 0 Å². The van der Waals surface area contributed by atoms with E-state index in [2.05, 4.69) is 0 Å². The molecule has 1 spiro atoms. The molecule has 2 bridgehead atoms. The van der Waals surface area contributed by atoms with Crippen molar-refractivity contribution in [2.45, 2.75) is 129 Å². The van der Waals surface area contributed by atoms with Gasteiger partial charge in [0.2, 0.25) is 5.79 Å². The Bertz CT molecular complexity index is 1540. The van der Waals surface area contributed by atoms with Crippen molar-refractivity contribution in [1.82, 2.24) is 0 Å². The molecule has 0 aromatic carbocycles. The third-order valence-electron chi connectivity index (χ3n) is 14.3. The van der Waals surface area contributed by atoms with Crippen LogP contribution >= 0.6 is 0 Å². The molecule has 2 saturated heterocycles. The molecule has 1 aromatic heterocycles. The average molecular weight is 673 g/mol. The fourth-order valence-electron chi connectivity index (χ4n) is 11.9. The summed E-state index contributed by atoms with van der Waals surface area (Å²) in [4.78, 5) is 53.9. The maximum atomic E-state index is 15.1. The average Bonchev–Trinajstić information content (AvgIpc) is 3.39. The number of carbonyl (C=O) groups excluding carboxylic acids is 4. The van der Waals surface area contributed by atoms with Crippen LogP contribution in [-0.4, -0.2) is 82.4 Å². The van der Waals surface area contributed by atoms with Gasteiger partial charge in [0, 0.05) is 48.9 Å². The molecular weight excluding hydrogens is 624 g/mol. The monoisotopic (exact) mass is 672 g/mol. The summed E-state index contributed by atoms with van der Waals surface area (Å²) >= 11 is 0. The summed E-state index contributed by atoms with van der Waals surface area (Å²) in [5.41, 5.74) is -4.77. The quantitative estimate of drug-likeness (QED) is 0.257. The number of rotatable bonds is 6. The molecule has 12 nitrogen and oxygen atoms in total. The van der Waals surface area contributed by atoms with Crippen LogP contribution in [0.15, 0.2) is 23.0 Å². The van der Waals surface area contributed by atoms with Crippen LogP contribution in [0.1, 0.15) is 92.6 Å². The van der Waals surface area contributed by atoms with E-state index in [0.717, 1.165) is 5.56 Å². The molecule has 4 saturated carbocycles. The number of ether oxygens (including phenoxy) is 5. The zero-order valence-corrected chi connectivity index (χ0v) is 28.9. The Kier molecular flexibility index (Phi) is 7.28. The number of epoxide rings is 1. The van der Waals surface area contributed by atoms with Gasteiger partial charge >= 0.3 is 17.9 Å². The smallest absolute Gasteiger partial charge is 0.311 e. The predicted molar refractivity (Wildman–Crippen MR) is 165 cm³/mol. The highest BCUT2D eigenvalue weighted by Gasteiger charge is 2.91. The van der Waals surface area contributed by atoms with E-state index >= 15 is 4.79 Å². The Balaban J connectivity index is 1.42. The van der Waals surface area contributed by atoms with Gasteiger partial charge in [0.05, 0.1) is 36.6 Å². The van der Waals surface area contributed by atoms with Crippen LogP contribution in [-0.2, 0) is 42.9 Å². The van der Waals surface area contributed by atoms with Gasteiger partial charge in [-0.1, -0.05) is 27.7 Å². The van der Waals surface area contributed by atoms with E-state index in [0.29, 0.717) is 25.7 Å². The first kappa shape index (κ1) is 33.7. The maximum absolute atomic E-state index is 15.1. The highest BCUT2D eigenvalue weighted by molar-refractivity contribution is 5.91. The second kappa shape index (κ2) is 10.4. The van der Waals surface area contributed by atoms with Crippen molar-refractivity contribution in [3.63, 3.8) is 0 Å². The number of carbonyl (C=O) groups is 4. The number of fused-ring (bicyclic) bond motifs is 1. The van der Waals surface area contributed by atoms with Gasteiger partial charge in [0.15, 0.2) is 18.0 Å². The van der Waals surface area contributed by atoms with Crippen LogP contribution in [0.2, 0.25) is 0 Å². The number of furan rings is 1. The molecule has 4 aliphatic carbocycles. The lowest BCUT2D eigenvalue weighted by Crippen LogP contribution is -2.84. The molecule has 3 heterocycles. The van der Waals surface area contributed by atoms with Crippen molar-refractivity contribution in [1.29, 1.82) is 0 Å². The lowest BCUT2D eigenvalue weighted by molar-refractivity contribution is -0.418. The van der Waals surface area contributed by atoms with E-state index in [1.807, 2.05) is 26.8 Å². The van der Waals surface area contributed by atoms with Crippen LogP contribution in [0.4, 0.5) is 0 Å². The molecule has 48 heavy (non-hydrogen) atoms. The van der Waals surface area contributed by atoms with Crippen molar-refractivity contribution in [3.8, 4) is 0 Å². The molecule has 7 rings (SSSR count). The summed E-state index contributed by atoms with van der Waals surface area (Å²) in [5, 5.41) is 24.9. The third kappa shape index (κ3) is 3.70. The van der Waals surface area contributed by atoms with Crippen molar-refractivity contribution in [2.24, 2.45) is 39.4 Å². The number of aliphatic hydroxyl groups is 2. The molecule has 12 heteroatoms. The van der Waals surface area contributed by atoms with Gasteiger partial charge in [-0.15, -0.1) is 0 Å². The fraction of sp³-hybridized carbons (Fsp3) is 0.778. The molecule has 6 fully saturated rings. The van der Waals surface area contributed by atoms with E-state index in [1.165, 1.54) is 13.8 Å². The first-order valence-electron chi connectivity index (χ1n) is 17.2. The zero-order chi connectivity index (χ0) is 35.0. The Labute approximate surface area is 280 Å². The van der Waals surface area contributed by atoms with E-state index in [4.69, 9.17) is 28.1 Å². The van der Waals surface area contributed by atoms with Crippen LogP contribution in [0.5, 0.6) is 0 Å². The SMILES string of the molecule is CCC(C)C(=O)OC1(C)OC[C@]23[C@@H](CC[C@]4(C)[C@@H]2C(=O)[C@H](O)[C@@]2(C)[C@H](c5ccoc5)C[C@H]5O[C@]524)[C@]1(C)[C@H](OC(C)=O)[C@H](OC(C)=O)[C@@H]3O. The van der Waals surface area contributed by atoms with Crippen molar-refractivity contribution in [2.75, 3.05) is 6.61 Å². The second-order valence-corrected chi connectivity index (χ2v) is 16.1. The van der Waals surface area contributed by atoms with Gasteiger partial charge < -0.3 is 38.3 Å². The van der Waals surface area contributed by atoms with Gasteiger partial charge in [0.25, 0.3) is 0 Å². The van der Waals surface area contributed by atoms with Crippen LogP contribution in [0.3, 0.4) is 0 Å². The Morgan fingerprint density at radius 2 is 1.75 bits per heavy atom. The van der Waals surface area contributed by atoms with E-state index < -0.39 is 98.9 Å². The van der Waals surface area contributed by atoms with Gasteiger partial charge in [-0.25, -0.2) is 0 Å². The third-order valence-corrected chi connectivity index (χ3v) is 14.3. The summed E-state index contributed by atoms with van der Waals surface area (Å²) < 4.78 is 36.7. The van der Waals surface area contributed by atoms with Gasteiger partial charge in [-0.3, -0.25) is 19.2 Å². The van der Waals surface area contributed by atoms with Crippen molar-refractivity contribution >= 4 is 23.7 Å². The van der Waals surface area contributed by atoms with E-state index in [-0.39, 0.29) is 18.6 Å². The van der Waals surface area contributed by atoms with Crippen molar-refractivity contribution < 1.29 is 57.5 Å². The summed E-state index contributed by atoms with van der Waals surface area (Å²) in [6, 6.07) is 1.86. The van der Waals surface area contributed by atoms with Crippen LogP contribution in [0, 0.1) is 39.4 Å². The maximum Gasteiger partial charge on any atom is 0.311 e. The molecule has 2 N–H and O–H groups in total. The molecule has 2 aliphatic heterocycles. The normalized spacial score (nSPS) is 50.6. The number of ketones is 1. The Morgan fingerprint density at radius 3 is 2.35 bits per heavy atom. The standard InChI is InChI=1S/C36H48O12/c1-9-17(2)30(42)48-34(8)33(7)22-10-12-31(5)26(35(22,16-44-34)28(41)25(45-18(3)37)29(33)46-19(4)38)24(39)27(40)32(6)21(20-11-13-43-15-20)14-23-36(31,32)47-23/h11,13,15,17,21-23,25-29,40-41H,9-10,12,14,16H2,1-8H3/t17?,21-,22-,23+,25+,26-,27-,28-,29+,31+,32+,33+,34?,35-,36-/m0/s1. The zero-order valence-electron chi connectivity index (χ0n) is 28.9. The minimum atomic E-state index is -1.71. The Morgan fingerprint density at radius 1 is 1.06 bits per heavy atom. The first-order valence-corrected chi connectivity index (χ1v) is 17.2. The number of hydrogen-bond donors (Lipinski definition) is 2. The number of Topliss-reactive ketones (excluding diaryl/α,β-unsaturated/α-hetero) is 1. The number of hydrogen-bond acceptors (Lipinski definition) is 12. The second-order valence-electron chi connectivity index (χ2n) is 16.1. The summed E-state index contributed by atoms with van der Waals surface area (Å²) in [5.74, 6) is -6.43. The fourth-order valence-corrected chi connectivity index (χ4v) is 11.9. The summed E-state index contributed by atoms with van der Waals surface area (Å²) in [7, 11) is 0. The highest BCUT2D eigenvalue weighted by Crippen LogP contribution is 2.83. The molecule has 1 aromatic rings. The number of esters is 3. The lowest BCUT2D eigenvalue weighted by atomic mass is 9.33. The molecule has 0 amide bonds. The van der Waals surface area contributed by atoms with Crippen LogP contribution in [0.25, 0.3) is 0 Å². The molecule has 15 atom stereocenters. The highest BCUT2D eigenvalue weighted by atomic mass is 16.7. The van der Waals surface area contributed by atoms with Gasteiger partial charge in [0.1, 0.15) is 17.8 Å². The minimum absolute atomic E-state index is 0.212. The molecular formula is C36H48O12. The number of aliphatic hydroxyl groups excluding tert-OH is 2. The molecule has 2 unspecified atom stereocenters. The Hall–Kier alpha value is -2.80. The molecule has 6 aliphatic rings. The van der Waals surface area contributed by atoms with E-state index in [1.54, 1.807) is 33.3 Å². The topological polar surface area (TPSA) is 171 Å². The first-order chi connectivity index (χ1) is 22.4. The molecule has 0 radical (unpaired) electrons. The summed E-state index contributed by atoms with van der Waals surface area (Å²) in [6.07, 6.45) is -0.792. The van der Waals surface area contributed by atoms with Gasteiger partial charge in [-0.05, 0) is 50.2 Å². The van der Waals surface area contributed by atoms with E-state index in [9.17, 15) is 24.6 Å². The minimum Gasteiger partial charge on any atom is -0.472 e. The van der Waals surface area contributed by atoms with Crippen molar-refractivity contribution in [3.05, 3.63) is 24.2 Å². The summed E-state index contributed by atoms with van der Waals surface area (Å²) in [6.45, 7) is 13.1. The largest absolute Gasteiger partial charge is 0.472 e.